The summed E-state index contributed by atoms with van der Waals surface area (Å²) in [6.07, 6.45) is 4.88. The number of hydrogen-bond acceptors (Lipinski definition) is 3. The highest BCUT2D eigenvalue weighted by atomic mass is 16.1. The Morgan fingerprint density at radius 2 is 1.45 bits per heavy atom. The summed E-state index contributed by atoms with van der Waals surface area (Å²) < 4.78 is 0. The van der Waals surface area contributed by atoms with E-state index in [-0.39, 0.29) is 5.91 Å². The summed E-state index contributed by atoms with van der Waals surface area (Å²) in [7, 11) is 2.20. The van der Waals surface area contributed by atoms with Crippen molar-refractivity contribution in [3.8, 4) is 0 Å². The minimum absolute atomic E-state index is 0.123. The molecular formula is C18H39N3O. The quantitative estimate of drug-likeness (QED) is 0.870. The topological polar surface area (TPSA) is 35.6 Å². The maximum atomic E-state index is 11.0. The molecule has 2 aliphatic rings. The van der Waals surface area contributed by atoms with Gasteiger partial charge < -0.3 is 15.1 Å². The molecule has 1 saturated carbocycles. The van der Waals surface area contributed by atoms with Crippen molar-refractivity contribution in [2.24, 2.45) is 5.92 Å². The van der Waals surface area contributed by atoms with Crippen LogP contribution in [0, 0.1) is 5.92 Å². The van der Waals surface area contributed by atoms with Crippen LogP contribution in [0.4, 0.5) is 0 Å². The molecule has 1 aliphatic carbocycles. The molecule has 1 heterocycles. The van der Waals surface area contributed by atoms with Gasteiger partial charge in [-0.1, -0.05) is 27.7 Å². The Morgan fingerprint density at radius 1 is 0.955 bits per heavy atom. The van der Waals surface area contributed by atoms with E-state index in [1.165, 1.54) is 45.6 Å². The van der Waals surface area contributed by atoms with E-state index in [1.54, 1.807) is 6.92 Å². The highest BCUT2D eigenvalue weighted by Gasteiger charge is 2.24. The zero-order chi connectivity index (χ0) is 17.0. The fourth-order valence-electron chi connectivity index (χ4n) is 3.17. The number of amides is 1. The zero-order valence-electron chi connectivity index (χ0n) is 15.8. The van der Waals surface area contributed by atoms with Gasteiger partial charge in [-0.05, 0) is 38.6 Å². The molecule has 0 aromatic heterocycles. The lowest BCUT2D eigenvalue weighted by Gasteiger charge is -2.37. The van der Waals surface area contributed by atoms with Crippen molar-refractivity contribution in [2.45, 2.75) is 66.3 Å². The number of carbonyl (C=O) groups excluding carboxylic acids is 1. The van der Waals surface area contributed by atoms with Crippen molar-refractivity contribution in [1.29, 1.82) is 0 Å². The van der Waals surface area contributed by atoms with Gasteiger partial charge in [-0.2, -0.15) is 0 Å². The largest absolute Gasteiger partial charge is 0.354 e. The van der Waals surface area contributed by atoms with E-state index < -0.39 is 0 Å². The second-order valence-corrected chi connectivity index (χ2v) is 6.02. The van der Waals surface area contributed by atoms with Crippen LogP contribution in [0.5, 0.6) is 0 Å². The Hall–Kier alpha value is -0.610. The highest BCUT2D eigenvalue weighted by Crippen LogP contribution is 2.25. The number of likely N-dealkylation sites (N-methyl/N-ethyl adjacent to an activating group) is 1. The van der Waals surface area contributed by atoms with Crippen LogP contribution in [0.3, 0.4) is 0 Å². The minimum Gasteiger partial charge on any atom is -0.354 e. The molecule has 1 N–H and O–H groups in total. The normalized spacial score (nSPS) is 26.1. The molecule has 0 aromatic rings. The molecule has 1 aliphatic heterocycles. The molecule has 1 amide bonds. The third kappa shape index (κ3) is 8.74. The zero-order valence-corrected chi connectivity index (χ0v) is 15.8. The monoisotopic (exact) mass is 313 g/mol. The molecule has 132 valence electrons. The van der Waals surface area contributed by atoms with Gasteiger partial charge in [0.25, 0.3) is 0 Å². The third-order valence-electron chi connectivity index (χ3n) is 4.37. The first-order valence-corrected chi connectivity index (χ1v) is 9.31. The van der Waals surface area contributed by atoms with Crippen molar-refractivity contribution in [3.05, 3.63) is 0 Å². The van der Waals surface area contributed by atoms with Crippen LogP contribution in [-0.4, -0.2) is 61.5 Å². The van der Waals surface area contributed by atoms with Crippen LogP contribution < -0.4 is 5.32 Å². The van der Waals surface area contributed by atoms with Gasteiger partial charge in [0.1, 0.15) is 0 Å². The standard InChI is InChI=1S/C14H27N3O.2C2H6/c1-12(18)15-14-5-3-13(4-6-14)11-17-9-7-16(2)8-10-17;2*1-2/h13-14H,3-11H2,1-2H3,(H,15,18);2*1-2H3. The Balaban J connectivity index is 0.00000102. The molecule has 0 unspecified atom stereocenters. The maximum absolute atomic E-state index is 11.0. The number of rotatable bonds is 3. The van der Waals surface area contributed by atoms with E-state index in [0.29, 0.717) is 6.04 Å². The third-order valence-corrected chi connectivity index (χ3v) is 4.37. The summed E-state index contributed by atoms with van der Waals surface area (Å²) in [6.45, 7) is 15.8. The first-order chi connectivity index (χ1) is 10.6. The summed E-state index contributed by atoms with van der Waals surface area (Å²) in [5.74, 6) is 0.968. The average molecular weight is 314 g/mol. The van der Waals surface area contributed by atoms with Gasteiger partial charge in [0, 0.05) is 45.7 Å². The molecule has 2 rings (SSSR count). The Labute approximate surface area is 138 Å². The SMILES string of the molecule is CC.CC.CC(=O)NC1CCC(CN2CCN(C)CC2)CC1. The summed E-state index contributed by atoms with van der Waals surface area (Å²) >= 11 is 0. The molecule has 4 heteroatoms. The summed E-state index contributed by atoms with van der Waals surface area (Å²) in [6, 6.07) is 0.436. The van der Waals surface area contributed by atoms with E-state index in [0.717, 1.165) is 18.8 Å². The van der Waals surface area contributed by atoms with Gasteiger partial charge in [0.15, 0.2) is 0 Å². The number of nitrogens with one attached hydrogen (secondary N) is 1. The first kappa shape index (κ1) is 21.4. The van der Waals surface area contributed by atoms with Crippen LogP contribution in [0.25, 0.3) is 0 Å². The minimum atomic E-state index is 0.123. The van der Waals surface area contributed by atoms with Gasteiger partial charge >= 0.3 is 0 Å². The molecule has 0 radical (unpaired) electrons. The molecular weight excluding hydrogens is 274 g/mol. The smallest absolute Gasteiger partial charge is 0.217 e. The Bertz CT molecular complexity index is 268. The lowest BCUT2D eigenvalue weighted by atomic mass is 9.85. The fraction of sp³-hybridized carbons (Fsp3) is 0.944. The average Bonchev–Trinajstić information content (AvgIpc) is 2.55. The van der Waals surface area contributed by atoms with Crippen LogP contribution in [0.1, 0.15) is 60.3 Å². The number of nitrogens with zero attached hydrogens (tertiary/aromatic N) is 2. The molecule has 0 bridgehead atoms. The van der Waals surface area contributed by atoms with Crippen LogP contribution in [-0.2, 0) is 4.79 Å². The molecule has 1 saturated heterocycles. The molecule has 0 aromatic carbocycles. The summed E-state index contributed by atoms with van der Waals surface area (Å²) in [5, 5.41) is 3.05. The maximum Gasteiger partial charge on any atom is 0.217 e. The van der Waals surface area contributed by atoms with Gasteiger partial charge in [0.2, 0.25) is 5.91 Å². The van der Waals surface area contributed by atoms with E-state index in [1.807, 2.05) is 27.7 Å². The van der Waals surface area contributed by atoms with Crippen molar-refractivity contribution in [1.82, 2.24) is 15.1 Å². The molecule has 0 spiro atoms. The van der Waals surface area contributed by atoms with Crippen molar-refractivity contribution >= 4 is 5.91 Å². The van der Waals surface area contributed by atoms with Crippen molar-refractivity contribution in [3.63, 3.8) is 0 Å². The van der Waals surface area contributed by atoms with Gasteiger partial charge in [-0.3, -0.25) is 4.79 Å². The molecule has 2 fully saturated rings. The fourth-order valence-corrected chi connectivity index (χ4v) is 3.17. The predicted octanol–water partition coefficient (Wildman–Crippen LogP) is 2.98. The highest BCUT2D eigenvalue weighted by molar-refractivity contribution is 5.73. The van der Waals surface area contributed by atoms with Gasteiger partial charge in [-0.15, -0.1) is 0 Å². The Morgan fingerprint density at radius 3 is 1.91 bits per heavy atom. The van der Waals surface area contributed by atoms with E-state index in [2.05, 4.69) is 22.2 Å². The number of hydrogen-bond donors (Lipinski definition) is 1. The van der Waals surface area contributed by atoms with Crippen molar-refractivity contribution < 1.29 is 4.79 Å². The first-order valence-electron chi connectivity index (χ1n) is 9.31. The number of piperazine rings is 1. The van der Waals surface area contributed by atoms with Crippen LogP contribution in [0.15, 0.2) is 0 Å². The number of carbonyl (C=O) groups is 1. The summed E-state index contributed by atoms with van der Waals surface area (Å²) in [5.41, 5.74) is 0. The van der Waals surface area contributed by atoms with Crippen LogP contribution in [0.2, 0.25) is 0 Å². The lowest BCUT2D eigenvalue weighted by Crippen LogP contribution is -2.47. The van der Waals surface area contributed by atoms with Crippen molar-refractivity contribution in [2.75, 3.05) is 39.8 Å². The Kier molecular flexibility index (Phi) is 12.5. The second-order valence-electron chi connectivity index (χ2n) is 6.02. The molecule has 4 nitrogen and oxygen atoms in total. The van der Waals surface area contributed by atoms with E-state index in [4.69, 9.17) is 0 Å². The van der Waals surface area contributed by atoms with E-state index >= 15 is 0 Å². The van der Waals surface area contributed by atoms with Gasteiger partial charge in [-0.25, -0.2) is 0 Å². The lowest BCUT2D eigenvalue weighted by molar-refractivity contribution is -0.119. The second kappa shape index (κ2) is 12.9. The summed E-state index contributed by atoms with van der Waals surface area (Å²) in [4.78, 5) is 16.0. The predicted molar refractivity (Wildman–Crippen MR) is 96.2 cm³/mol. The van der Waals surface area contributed by atoms with Gasteiger partial charge in [0.05, 0.1) is 0 Å². The molecule has 0 atom stereocenters. The molecule has 22 heavy (non-hydrogen) atoms. The van der Waals surface area contributed by atoms with Crippen LogP contribution >= 0.6 is 0 Å². The van der Waals surface area contributed by atoms with E-state index in [9.17, 15) is 4.79 Å².